The Bertz CT molecular complexity index is 992. The fourth-order valence-corrected chi connectivity index (χ4v) is 4.58. The van der Waals surface area contributed by atoms with E-state index in [0.717, 1.165) is 9.56 Å². The average molecular weight is 393 g/mol. The average Bonchev–Trinajstić information content (AvgIpc) is 3.25. The van der Waals surface area contributed by atoms with Gasteiger partial charge in [-0.3, -0.25) is 0 Å². The first-order valence-corrected chi connectivity index (χ1v) is 10.7. The monoisotopic (exact) mass is 393 g/mol. The van der Waals surface area contributed by atoms with Gasteiger partial charge in [0.2, 0.25) is 10.0 Å². The highest BCUT2D eigenvalue weighted by atomic mass is 32.2. The predicted molar refractivity (Wildman–Crippen MR) is 100 cm³/mol. The zero-order valence-electron chi connectivity index (χ0n) is 14.2. The van der Waals surface area contributed by atoms with Crippen molar-refractivity contribution in [1.82, 2.24) is 14.5 Å². The van der Waals surface area contributed by atoms with Crippen LogP contribution in [0.25, 0.3) is 10.8 Å². The van der Waals surface area contributed by atoms with Gasteiger partial charge in [0.25, 0.3) is 5.89 Å². The van der Waals surface area contributed by atoms with Crippen LogP contribution in [0.3, 0.4) is 0 Å². The van der Waals surface area contributed by atoms with Crippen molar-refractivity contribution in [1.29, 1.82) is 0 Å². The topological polar surface area (TPSA) is 94.2 Å². The van der Waals surface area contributed by atoms with Crippen LogP contribution in [0.4, 0.5) is 0 Å². The first kappa shape index (κ1) is 18.6. The van der Waals surface area contributed by atoms with Crippen LogP contribution in [0.15, 0.2) is 57.1 Å². The van der Waals surface area contributed by atoms with E-state index >= 15 is 0 Å². The third-order valence-corrected chi connectivity index (χ3v) is 6.03. The number of sulfonamides is 1. The summed E-state index contributed by atoms with van der Waals surface area (Å²) >= 11 is 1.41. The van der Waals surface area contributed by atoms with Crippen molar-refractivity contribution < 1.29 is 12.8 Å². The minimum Gasteiger partial charge on any atom is -0.387 e. The second kappa shape index (κ2) is 7.98. The van der Waals surface area contributed by atoms with Crippen LogP contribution in [-0.2, 0) is 22.3 Å². The van der Waals surface area contributed by atoms with Crippen molar-refractivity contribution >= 4 is 21.4 Å². The molecule has 2 heterocycles. The van der Waals surface area contributed by atoms with E-state index in [1.54, 1.807) is 30.3 Å². The molecule has 0 aliphatic rings. The highest BCUT2D eigenvalue weighted by Crippen LogP contribution is 2.21. The summed E-state index contributed by atoms with van der Waals surface area (Å²) in [5.74, 6) is -0.473. The van der Waals surface area contributed by atoms with Crippen molar-refractivity contribution in [2.45, 2.75) is 31.7 Å². The van der Waals surface area contributed by atoms with E-state index < -0.39 is 21.8 Å². The minimum atomic E-state index is -3.54. The smallest absolute Gasteiger partial charge is 0.387 e. The molecule has 3 aromatic rings. The summed E-state index contributed by atoms with van der Waals surface area (Å²) in [6, 6.07) is 12.1. The van der Waals surface area contributed by atoms with Gasteiger partial charge in [-0.1, -0.05) is 43.3 Å². The lowest BCUT2D eigenvalue weighted by Crippen LogP contribution is -2.40. The molecular formula is C17H19N3O4S2. The van der Waals surface area contributed by atoms with Gasteiger partial charge in [-0.15, -0.1) is 16.4 Å². The first-order valence-electron chi connectivity index (χ1n) is 8.12. The van der Waals surface area contributed by atoms with E-state index in [4.69, 9.17) is 4.42 Å². The molecule has 0 amide bonds. The molecule has 26 heavy (non-hydrogen) atoms. The van der Waals surface area contributed by atoms with Crippen molar-refractivity contribution in [3.63, 3.8) is 0 Å². The number of thiophene rings is 1. The van der Waals surface area contributed by atoms with Gasteiger partial charge in [-0.05, 0) is 23.4 Å². The molecule has 3 rings (SSSR count). The summed E-state index contributed by atoms with van der Waals surface area (Å²) < 4.78 is 33.8. The molecule has 0 saturated carbocycles. The van der Waals surface area contributed by atoms with Gasteiger partial charge in [-0.25, -0.2) is 17.9 Å². The van der Waals surface area contributed by atoms with E-state index in [1.165, 1.54) is 11.3 Å². The molecule has 2 aromatic heterocycles. The molecule has 7 nitrogen and oxygen atoms in total. The predicted octanol–water partition coefficient (Wildman–Crippen LogP) is 2.46. The van der Waals surface area contributed by atoms with Crippen molar-refractivity contribution in [2.24, 2.45) is 0 Å². The summed E-state index contributed by atoms with van der Waals surface area (Å²) in [5.41, 5.74) is 0.702. The number of nitrogens with one attached hydrogen (secondary N) is 1. The number of benzene rings is 1. The van der Waals surface area contributed by atoms with Crippen LogP contribution in [0.5, 0.6) is 0 Å². The molecule has 1 N–H and O–H groups in total. The van der Waals surface area contributed by atoms with Crippen LogP contribution in [0.2, 0.25) is 0 Å². The fourth-order valence-electron chi connectivity index (χ4n) is 2.47. The van der Waals surface area contributed by atoms with Crippen LogP contribution in [0.1, 0.15) is 18.9 Å². The van der Waals surface area contributed by atoms with Crippen LogP contribution in [-0.4, -0.2) is 24.2 Å². The Morgan fingerprint density at radius 2 is 2.00 bits per heavy atom. The van der Waals surface area contributed by atoms with Gasteiger partial charge in [0, 0.05) is 6.04 Å². The number of rotatable bonds is 8. The molecule has 0 aliphatic heterocycles. The second-order valence-corrected chi connectivity index (χ2v) is 8.50. The molecule has 0 bridgehead atoms. The Balaban J connectivity index is 1.71. The van der Waals surface area contributed by atoms with E-state index in [9.17, 15) is 13.2 Å². The standard InChI is InChI=1S/C17H19N3O4S2/c1-2-14(19-26(22,23)12-13-7-4-3-5-8-13)11-20-17(21)24-16(18-20)15-9-6-10-25-15/h3-10,14,19H,2,11-12H2,1H3/t14-/m1/s1. The summed E-state index contributed by atoms with van der Waals surface area (Å²) in [6.45, 7) is 1.96. The zero-order chi connectivity index (χ0) is 18.6. The van der Waals surface area contributed by atoms with Crippen molar-refractivity contribution in [3.8, 4) is 10.8 Å². The lowest BCUT2D eigenvalue weighted by molar-refractivity contribution is 0.424. The normalized spacial score (nSPS) is 13.0. The lowest BCUT2D eigenvalue weighted by Gasteiger charge is -2.16. The number of aromatic nitrogens is 2. The molecule has 0 spiro atoms. The first-order chi connectivity index (χ1) is 12.5. The third-order valence-electron chi connectivity index (χ3n) is 3.77. The SMILES string of the molecule is CC[C@H](Cn1nc(-c2cccs2)oc1=O)NS(=O)(=O)Cc1ccccc1. The number of hydrogen-bond acceptors (Lipinski definition) is 6. The Hall–Kier alpha value is -2.23. The quantitative estimate of drug-likeness (QED) is 0.634. The molecule has 1 atom stereocenters. The molecule has 1 aromatic carbocycles. The second-order valence-electron chi connectivity index (χ2n) is 5.80. The maximum absolute atomic E-state index is 12.4. The van der Waals surface area contributed by atoms with Crippen molar-refractivity contribution in [2.75, 3.05) is 0 Å². The van der Waals surface area contributed by atoms with Gasteiger partial charge in [0.1, 0.15) is 0 Å². The van der Waals surface area contributed by atoms with Gasteiger partial charge >= 0.3 is 5.76 Å². The largest absolute Gasteiger partial charge is 0.437 e. The van der Waals surface area contributed by atoms with Gasteiger partial charge in [0.15, 0.2) is 0 Å². The molecule has 0 unspecified atom stereocenters. The Morgan fingerprint density at radius 1 is 1.23 bits per heavy atom. The van der Waals surface area contributed by atoms with Crippen LogP contribution >= 0.6 is 11.3 Å². The maximum Gasteiger partial charge on any atom is 0.437 e. The van der Waals surface area contributed by atoms with E-state index in [2.05, 4.69) is 9.82 Å². The van der Waals surface area contributed by atoms with Crippen LogP contribution in [0, 0.1) is 0 Å². The summed E-state index contributed by atoms with van der Waals surface area (Å²) in [5, 5.41) is 6.03. The summed E-state index contributed by atoms with van der Waals surface area (Å²) in [7, 11) is -3.54. The Kier molecular flexibility index (Phi) is 5.70. The molecule has 138 valence electrons. The zero-order valence-corrected chi connectivity index (χ0v) is 15.8. The lowest BCUT2D eigenvalue weighted by atomic mass is 10.2. The van der Waals surface area contributed by atoms with Gasteiger partial charge < -0.3 is 4.42 Å². The Morgan fingerprint density at radius 3 is 2.65 bits per heavy atom. The van der Waals surface area contributed by atoms with Crippen LogP contribution < -0.4 is 10.5 Å². The van der Waals surface area contributed by atoms with E-state index in [0.29, 0.717) is 12.0 Å². The molecule has 0 radical (unpaired) electrons. The van der Waals surface area contributed by atoms with Gasteiger partial charge in [-0.2, -0.15) is 4.68 Å². The highest BCUT2D eigenvalue weighted by Gasteiger charge is 2.20. The van der Waals surface area contributed by atoms with Gasteiger partial charge in [0.05, 0.1) is 17.2 Å². The Labute approximate surface area is 155 Å². The molecule has 9 heteroatoms. The number of hydrogen-bond donors (Lipinski definition) is 1. The molecule has 0 fully saturated rings. The number of nitrogens with zero attached hydrogens (tertiary/aromatic N) is 2. The molecular weight excluding hydrogens is 374 g/mol. The molecule has 0 saturated heterocycles. The summed E-state index contributed by atoms with van der Waals surface area (Å²) in [6.07, 6.45) is 0.516. The molecule has 0 aliphatic carbocycles. The highest BCUT2D eigenvalue weighted by molar-refractivity contribution is 7.88. The van der Waals surface area contributed by atoms with Crippen molar-refractivity contribution in [3.05, 3.63) is 64.0 Å². The summed E-state index contributed by atoms with van der Waals surface area (Å²) in [4.78, 5) is 12.8. The van der Waals surface area contributed by atoms with E-state index in [-0.39, 0.29) is 18.2 Å². The minimum absolute atomic E-state index is 0.109. The maximum atomic E-state index is 12.4. The fraction of sp³-hybridized carbons (Fsp3) is 0.294. The third kappa shape index (κ3) is 4.69. The van der Waals surface area contributed by atoms with E-state index in [1.807, 2.05) is 24.4 Å².